The number of carbonyl (C=O) groups excluding carboxylic acids is 1. The summed E-state index contributed by atoms with van der Waals surface area (Å²) >= 11 is 0. The summed E-state index contributed by atoms with van der Waals surface area (Å²) in [4.78, 5) is 18.8. The van der Waals surface area contributed by atoms with Gasteiger partial charge in [0.15, 0.2) is 5.66 Å². The summed E-state index contributed by atoms with van der Waals surface area (Å²) in [6.07, 6.45) is 8.45. The Morgan fingerprint density at radius 2 is 1.33 bits per heavy atom. The van der Waals surface area contributed by atoms with Crippen molar-refractivity contribution in [2.75, 3.05) is 59.0 Å². The molecular formula is C18H32N4O2. The van der Waals surface area contributed by atoms with E-state index in [0.29, 0.717) is 5.91 Å². The molecule has 0 spiro atoms. The van der Waals surface area contributed by atoms with Crippen molar-refractivity contribution in [2.24, 2.45) is 0 Å². The van der Waals surface area contributed by atoms with Crippen molar-refractivity contribution in [3.8, 4) is 0 Å². The van der Waals surface area contributed by atoms with Crippen molar-refractivity contribution in [2.45, 2.75) is 50.6 Å². The van der Waals surface area contributed by atoms with E-state index in [9.17, 15) is 4.79 Å². The van der Waals surface area contributed by atoms with Gasteiger partial charge in [-0.15, -0.1) is 0 Å². The Morgan fingerprint density at radius 3 is 1.92 bits per heavy atom. The minimum atomic E-state index is -0.362. The average Bonchev–Trinajstić information content (AvgIpc) is 2.85. The van der Waals surface area contributed by atoms with Crippen LogP contribution in [-0.2, 0) is 9.53 Å². The zero-order valence-electron chi connectivity index (χ0n) is 14.9. The van der Waals surface area contributed by atoms with Gasteiger partial charge in [0.05, 0.1) is 13.2 Å². The lowest BCUT2D eigenvalue weighted by Gasteiger charge is -2.57. The number of morpholine rings is 1. The quantitative estimate of drug-likeness (QED) is 0.773. The fourth-order valence-electron chi connectivity index (χ4n) is 4.87. The van der Waals surface area contributed by atoms with E-state index < -0.39 is 0 Å². The van der Waals surface area contributed by atoms with Crippen molar-refractivity contribution in [3.05, 3.63) is 0 Å². The van der Waals surface area contributed by atoms with E-state index in [1.165, 1.54) is 32.1 Å². The normalized spacial score (nSPS) is 34.8. The van der Waals surface area contributed by atoms with E-state index in [1.54, 1.807) is 0 Å². The molecule has 4 aliphatic rings. The van der Waals surface area contributed by atoms with Gasteiger partial charge >= 0.3 is 0 Å². The Balaban J connectivity index is 1.60. The zero-order valence-corrected chi connectivity index (χ0v) is 14.9. The maximum absolute atomic E-state index is 13.8. The van der Waals surface area contributed by atoms with Crippen molar-refractivity contribution < 1.29 is 9.53 Å². The van der Waals surface area contributed by atoms with Gasteiger partial charge in [-0.3, -0.25) is 19.6 Å². The highest BCUT2D eigenvalue weighted by molar-refractivity contribution is 5.86. The Kier molecular flexibility index (Phi) is 5.08. The molecule has 6 nitrogen and oxygen atoms in total. The summed E-state index contributed by atoms with van der Waals surface area (Å²) < 4.78 is 5.49. The number of nitrogens with zero attached hydrogens (tertiary/aromatic N) is 4. The van der Waals surface area contributed by atoms with Gasteiger partial charge in [0, 0.05) is 45.8 Å². The number of rotatable bonds is 3. The number of amides is 1. The molecule has 0 N–H and O–H groups in total. The van der Waals surface area contributed by atoms with Crippen LogP contribution in [0.2, 0.25) is 0 Å². The van der Waals surface area contributed by atoms with E-state index in [4.69, 9.17) is 4.74 Å². The van der Waals surface area contributed by atoms with Gasteiger partial charge in [-0.1, -0.05) is 12.8 Å². The van der Waals surface area contributed by atoms with Gasteiger partial charge in [0.1, 0.15) is 0 Å². The van der Waals surface area contributed by atoms with Crippen molar-refractivity contribution >= 4 is 5.91 Å². The molecule has 1 amide bonds. The monoisotopic (exact) mass is 336 g/mol. The number of hydrogen-bond acceptors (Lipinski definition) is 5. The smallest absolute Gasteiger partial charge is 0.272 e. The standard InChI is InChI=1S/C18H32N4O2/c23-17-18(20-10-6-11-20,19-8-3-1-2-4-9-19)7-5-12-22(17)21-13-15-24-16-14-21/h1-16H2. The van der Waals surface area contributed by atoms with Crippen LogP contribution in [0.3, 0.4) is 0 Å². The Hall–Kier alpha value is -0.690. The van der Waals surface area contributed by atoms with Gasteiger partial charge in [-0.05, 0) is 32.1 Å². The molecule has 1 atom stereocenters. The molecular weight excluding hydrogens is 304 g/mol. The molecule has 0 bridgehead atoms. The summed E-state index contributed by atoms with van der Waals surface area (Å²) in [6, 6.07) is 0. The molecule has 24 heavy (non-hydrogen) atoms. The largest absolute Gasteiger partial charge is 0.379 e. The number of ether oxygens (including phenoxy) is 1. The van der Waals surface area contributed by atoms with Gasteiger partial charge < -0.3 is 4.74 Å². The van der Waals surface area contributed by atoms with Gasteiger partial charge in [-0.2, -0.15) is 0 Å². The Bertz CT molecular complexity index is 442. The molecule has 0 aliphatic carbocycles. The second-order valence-electron chi connectivity index (χ2n) is 7.66. The molecule has 0 saturated carbocycles. The van der Waals surface area contributed by atoms with E-state index in [-0.39, 0.29) is 5.66 Å². The molecule has 4 fully saturated rings. The predicted octanol–water partition coefficient (Wildman–Crippen LogP) is 1.13. The molecule has 0 aromatic carbocycles. The molecule has 1 unspecified atom stereocenters. The lowest BCUT2D eigenvalue weighted by Crippen LogP contribution is -2.75. The third kappa shape index (κ3) is 2.87. The van der Waals surface area contributed by atoms with Crippen molar-refractivity contribution in [1.29, 1.82) is 0 Å². The van der Waals surface area contributed by atoms with Crippen LogP contribution in [0.1, 0.15) is 44.9 Å². The lowest BCUT2D eigenvalue weighted by atomic mass is 9.90. The molecule has 0 aromatic rings. The fourth-order valence-corrected chi connectivity index (χ4v) is 4.87. The minimum Gasteiger partial charge on any atom is -0.379 e. The minimum absolute atomic E-state index is 0.345. The summed E-state index contributed by atoms with van der Waals surface area (Å²) in [5, 5.41) is 4.33. The lowest BCUT2D eigenvalue weighted by molar-refractivity contribution is -0.201. The van der Waals surface area contributed by atoms with Crippen molar-refractivity contribution in [3.63, 3.8) is 0 Å². The number of likely N-dealkylation sites (tertiary alicyclic amines) is 2. The van der Waals surface area contributed by atoms with Crippen LogP contribution in [0, 0.1) is 0 Å². The van der Waals surface area contributed by atoms with Crippen LogP contribution in [-0.4, -0.2) is 90.4 Å². The van der Waals surface area contributed by atoms with Crippen LogP contribution < -0.4 is 0 Å². The van der Waals surface area contributed by atoms with E-state index in [0.717, 1.165) is 71.9 Å². The SMILES string of the molecule is O=C1N(N2CCOCC2)CCCC1(N1CCCCCC1)N1CCC1. The maximum atomic E-state index is 13.8. The van der Waals surface area contributed by atoms with E-state index in [1.807, 2.05) is 0 Å². The average molecular weight is 336 g/mol. The fraction of sp³-hybridized carbons (Fsp3) is 0.944. The molecule has 4 heterocycles. The topological polar surface area (TPSA) is 39.3 Å². The first-order valence-electron chi connectivity index (χ1n) is 9.97. The Labute approximate surface area is 145 Å². The van der Waals surface area contributed by atoms with E-state index in [2.05, 4.69) is 19.8 Å². The van der Waals surface area contributed by atoms with Crippen LogP contribution in [0.5, 0.6) is 0 Å². The number of hydrogen-bond donors (Lipinski definition) is 0. The highest BCUT2D eigenvalue weighted by atomic mass is 16.5. The number of carbonyl (C=O) groups is 1. The van der Waals surface area contributed by atoms with Gasteiger partial charge in [0.2, 0.25) is 0 Å². The van der Waals surface area contributed by atoms with Gasteiger partial charge in [-0.25, -0.2) is 5.01 Å². The first kappa shape index (κ1) is 16.8. The summed E-state index contributed by atoms with van der Waals surface area (Å²) in [5.74, 6) is 0.345. The second kappa shape index (κ2) is 7.28. The highest BCUT2D eigenvalue weighted by Crippen LogP contribution is 2.37. The third-order valence-corrected chi connectivity index (χ3v) is 6.31. The molecule has 6 heteroatoms. The maximum Gasteiger partial charge on any atom is 0.272 e. The summed E-state index contributed by atoms with van der Waals surface area (Å²) in [6.45, 7) is 8.39. The molecule has 4 rings (SSSR count). The molecule has 4 saturated heterocycles. The van der Waals surface area contributed by atoms with Crippen LogP contribution >= 0.6 is 0 Å². The molecule has 0 aromatic heterocycles. The second-order valence-corrected chi connectivity index (χ2v) is 7.66. The zero-order chi connectivity index (χ0) is 16.4. The first-order chi connectivity index (χ1) is 11.8. The predicted molar refractivity (Wildman–Crippen MR) is 92.3 cm³/mol. The molecule has 0 radical (unpaired) electrons. The third-order valence-electron chi connectivity index (χ3n) is 6.31. The van der Waals surface area contributed by atoms with Crippen LogP contribution in [0.25, 0.3) is 0 Å². The van der Waals surface area contributed by atoms with E-state index >= 15 is 0 Å². The number of hydrazine groups is 1. The summed E-state index contributed by atoms with van der Waals surface area (Å²) in [5.41, 5.74) is -0.362. The highest BCUT2D eigenvalue weighted by Gasteiger charge is 2.54. The summed E-state index contributed by atoms with van der Waals surface area (Å²) in [7, 11) is 0. The molecule has 136 valence electrons. The van der Waals surface area contributed by atoms with Crippen LogP contribution in [0.15, 0.2) is 0 Å². The number of piperidine rings is 1. The van der Waals surface area contributed by atoms with Gasteiger partial charge in [0.25, 0.3) is 5.91 Å². The first-order valence-corrected chi connectivity index (χ1v) is 9.97. The van der Waals surface area contributed by atoms with Crippen molar-refractivity contribution in [1.82, 2.24) is 19.8 Å². The van der Waals surface area contributed by atoms with Crippen LogP contribution in [0.4, 0.5) is 0 Å². The Morgan fingerprint density at radius 1 is 0.708 bits per heavy atom. The molecule has 4 aliphatic heterocycles.